The summed E-state index contributed by atoms with van der Waals surface area (Å²) in [6.45, 7) is 2.54. The predicted molar refractivity (Wildman–Crippen MR) is 99.7 cm³/mol. The number of hydrogen-bond acceptors (Lipinski definition) is 4. The van der Waals surface area contributed by atoms with Crippen molar-refractivity contribution < 1.29 is 14.5 Å². The maximum atomic E-state index is 12.5. The molecule has 0 aromatic heterocycles. The highest BCUT2D eigenvalue weighted by molar-refractivity contribution is 6.31. The molecule has 0 aliphatic rings. The van der Waals surface area contributed by atoms with Crippen molar-refractivity contribution in [3.8, 4) is 0 Å². The van der Waals surface area contributed by atoms with Gasteiger partial charge in [0.05, 0.1) is 16.2 Å². The molecule has 7 nitrogen and oxygen atoms in total. The molecule has 0 bridgehead atoms. The van der Waals surface area contributed by atoms with Gasteiger partial charge in [0.2, 0.25) is 0 Å². The third-order valence-corrected chi connectivity index (χ3v) is 3.87. The third-order valence-electron chi connectivity index (χ3n) is 3.64. The normalized spacial score (nSPS) is 10.2. The Bertz CT molecular complexity index is 839. The van der Waals surface area contributed by atoms with E-state index in [1.165, 1.54) is 12.1 Å². The Labute approximate surface area is 155 Å². The number of benzene rings is 2. The number of nitrogens with zero attached hydrogens (tertiary/aromatic N) is 1. The van der Waals surface area contributed by atoms with Crippen LogP contribution in [0.2, 0.25) is 5.02 Å². The van der Waals surface area contributed by atoms with Crippen molar-refractivity contribution in [2.75, 3.05) is 11.9 Å². The molecule has 2 aromatic rings. The molecule has 2 rings (SSSR count). The quantitative estimate of drug-likeness (QED) is 0.433. The van der Waals surface area contributed by atoms with Gasteiger partial charge in [-0.05, 0) is 30.7 Å². The van der Waals surface area contributed by atoms with E-state index in [4.69, 9.17) is 11.6 Å². The average Bonchev–Trinajstić information content (AvgIpc) is 2.62. The van der Waals surface area contributed by atoms with E-state index in [1.54, 1.807) is 24.3 Å². The molecular weight excluding hydrogens is 358 g/mol. The van der Waals surface area contributed by atoms with Gasteiger partial charge in [0.1, 0.15) is 5.56 Å². The number of hydrogen-bond donors (Lipinski definition) is 2. The molecule has 0 saturated carbocycles. The fourth-order valence-electron chi connectivity index (χ4n) is 2.30. The van der Waals surface area contributed by atoms with Crippen LogP contribution in [0, 0.1) is 10.1 Å². The summed E-state index contributed by atoms with van der Waals surface area (Å²) in [7, 11) is 0. The molecule has 0 aliphatic carbocycles. The number of unbranched alkanes of at least 4 members (excludes halogenated alkanes) is 1. The van der Waals surface area contributed by atoms with Gasteiger partial charge in [-0.3, -0.25) is 19.7 Å². The number of nitro groups is 1. The monoisotopic (exact) mass is 375 g/mol. The van der Waals surface area contributed by atoms with Crippen molar-refractivity contribution in [2.24, 2.45) is 0 Å². The standard InChI is InChI=1S/C18H18ClN3O4/c1-2-3-10-20-17(23)13-6-4-5-7-15(13)21-18(24)14-9-8-12(19)11-16(14)22(25)26/h4-9,11H,2-3,10H2,1H3,(H,20,23)(H,21,24). The van der Waals surface area contributed by atoms with Gasteiger partial charge in [-0.25, -0.2) is 0 Å². The van der Waals surface area contributed by atoms with Crippen LogP contribution in [0.4, 0.5) is 11.4 Å². The summed E-state index contributed by atoms with van der Waals surface area (Å²) < 4.78 is 0. The van der Waals surface area contributed by atoms with Crippen LogP contribution in [0.15, 0.2) is 42.5 Å². The van der Waals surface area contributed by atoms with Gasteiger partial charge in [-0.15, -0.1) is 0 Å². The molecule has 26 heavy (non-hydrogen) atoms. The topological polar surface area (TPSA) is 101 Å². The van der Waals surface area contributed by atoms with E-state index in [1.807, 2.05) is 6.92 Å². The molecule has 0 spiro atoms. The first-order valence-electron chi connectivity index (χ1n) is 8.06. The van der Waals surface area contributed by atoms with Crippen LogP contribution in [0.5, 0.6) is 0 Å². The molecular formula is C18H18ClN3O4. The van der Waals surface area contributed by atoms with E-state index in [0.29, 0.717) is 6.54 Å². The highest BCUT2D eigenvalue weighted by atomic mass is 35.5. The number of anilines is 1. The number of amides is 2. The Hall–Kier alpha value is -2.93. The summed E-state index contributed by atoms with van der Waals surface area (Å²) in [6, 6.07) is 10.3. The number of para-hydroxylation sites is 1. The second kappa shape index (κ2) is 8.96. The Morgan fingerprint density at radius 3 is 2.54 bits per heavy atom. The number of nitrogens with one attached hydrogen (secondary N) is 2. The fourth-order valence-corrected chi connectivity index (χ4v) is 2.47. The number of rotatable bonds is 7. The van der Waals surface area contributed by atoms with Gasteiger partial charge < -0.3 is 10.6 Å². The summed E-state index contributed by atoms with van der Waals surface area (Å²) in [6.07, 6.45) is 1.79. The van der Waals surface area contributed by atoms with Gasteiger partial charge in [0, 0.05) is 17.6 Å². The minimum Gasteiger partial charge on any atom is -0.352 e. The zero-order chi connectivity index (χ0) is 19.1. The van der Waals surface area contributed by atoms with E-state index < -0.39 is 16.5 Å². The lowest BCUT2D eigenvalue weighted by Crippen LogP contribution is -2.26. The molecule has 2 amide bonds. The number of carbonyl (C=O) groups excluding carboxylic acids is 2. The van der Waals surface area contributed by atoms with Crippen molar-refractivity contribution >= 4 is 34.8 Å². The molecule has 0 unspecified atom stereocenters. The number of halogens is 1. The first-order chi connectivity index (χ1) is 12.4. The van der Waals surface area contributed by atoms with Crippen LogP contribution in [0.1, 0.15) is 40.5 Å². The van der Waals surface area contributed by atoms with Crippen LogP contribution in [-0.4, -0.2) is 23.3 Å². The molecule has 0 heterocycles. The first-order valence-corrected chi connectivity index (χ1v) is 8.44. The molecule has 0 fully saturated rings. The van der Waals surface area contributed by atoms with Crippen LogP contribution < -0.4 is 10.6 Å². The average molecular weight is 376 g/mol. The van der Waals surface area contributed by atoms with Crippen LogP contribution in [0.3, 0.4) is 0 Å². The lowest BCUT2D eigenvalue weighted by atomic mass is 10.1. The number of carbonyl (C=O) groups is 2. The largest absolute Gasteiger partial charge is 0.352 e. The van der Waals surface area contributed by atoms with Gasteiger partial charge in [0.25, 0.3) is 17.5 Å². The Kier molecular flexibility index (Phi) is 6.68. The first kappa shape index (κ1) is 19.4. The van der Waals surface area contributed by atoms with E-state index in [0.717, 1.165) is 18.9 Å². The molecule has 2 aromatic carbocycles. The van der Waals surface area contributed by atoms with Crippen molar-refractivity contribution in [3.63, 3.8) is 0 Å². The van der Waals surface area contributed by atoms with Crippen molar-refractivity contribution in [1.82, 2.24) is 5.32 Å². The smallest absolute Gasteiger partial charge is 0.283 e. The lowest BCUT2D eigenvalue weighted by Gasteiger charge is -2.11. The molecule has 136 valence electrons. The van der Waals surface area contributed by atoms with Crippen LogP contribution in [0.25, 0.3) is 0 Å². The molecule has 0 atom stereocenters. The minimum absolute atomic E-state index is 0.138. The van der Waals surface area contributed by atoms with E-state index in [9.17, 15) is 19.7 Å². The molecule has 0 aliphatic heterocycles. The summed E-state index contributed by atoms with van der Waals surface area (Å²) in [5, 5.41) is 16.7. The van der Waals surface area contributed by atoms with Gasteiger partial charge >= 0.3 is 0 Å². The second-order valence-electron chi connectivity index (χ2n) is 5.53. The summed E-state index contributed by atoms with van der Waals surface area (Å²) in [5.41, 5.74) is 0.0183. The van der Waals surface area contributed by atoms with Gasteiger partial charge in [0.15, 0.2) is 0 Å². The minimum atomic E-state index is -0.692. The highest BCUT2D eigenvalue weighted by Gasteiger charge is 2.22. The summed E-state index contributed by atoms with van der Waals surface area (Å²) >= 11 is 5.76. The molecule has 8 heteroatoms. The van der Waals surface area contributed by atoms with Crippen LogP contribution >= 0.6 is 11.6 Å². The molecule has 0 saturated heterocycles. The van der Waals surface area contributed by atoms with Crippen molar-refractivity contribution in [3.05, 3.63) is 68.7 Å². The number of nitro benzene ring substituents is 1. The SMILES string of the molecule is CCCCNC(=O)c1ccccc1NC(=O)c1ccc(Cl)cc1[N+](=O)[O-]. The van der Waals surface area contributed by atoms with E-state index >= 15 is 0 Å². The van der Waals surface area contributed by atoms with E-state index in [2.05, 4.69) is 10.6 Å². The summed E-state index contributed by atoms with van der Waals surface area (Å²) in [5.74, 6) is -1.01. The van der Waals surface area contributed by atoms with Gasteiger partial charge in [-0.2, -0.15) is 0 Å². The van der Waals surface area contributed by atoms with Crippen molar-refractivity contribution in [1.29, 1.82) is 0 Å². The lowest BCUT2D eigenvalue weighted by molar-refractivity contribution is -0.385. The van der Waals surface area contributed by atoms with E-state index in [-0.39, 0.29) is 27.7 Å². The zero-order valence-corrected chi connectivity index (χ0v) is 14.9. The molecule has 0 radical (unpaired) electrons. The second-order valence-corrected chi connectivity index (χ2v) is 5.96. The maximum absolute atomic E-state index is 12.5. The third kappa shape index (κ3) is 4.80. The zero-order valence-electron chi connectivity index (χ0n) is 14.1. The maximum Gasteiger partial charge on any atom is 0.283 e. The fraction of sp³-hybridized carbons (Fsp3) is 0.222. The van der Waals surface area contributed by atoms with Gasteiger partial charge in [-0.1, -0.05) is 37.1 Å². The van der Waals surface area contributed by atoms with Crippen LogP contribution in [-0.2, 0) is 0 Å². The Balaban J connectivity index is 2.25. The molecule has 2 N–H and O–H groups in total. The predicted octanol–water partition coefficient (Wildman–Crippen LogP) is 4.03. The highest BCUT2D eigenvalue weighted by Crippen LogP contribution is 2.25. The van der Waals surface area contributed by atoms with Crippen molar-refractivity contribution in [2.45, 2.75) is 19.8 Å². The summed E-state index contributed by atoms with van der Waals surface area (Å²) in [4.78, 5) is 35.3. The Morgan fingerprint density at radius 1 is 1.12 bits per heavy atom. The Morgan fingerprint density at radius 2 is 1.85 bits per heavy atom.